The quantitative estimate of drug-likeness (QED) is 0.574. The minimum Gasteiger partial charge on any atom is -0.490 e. The van der Waals surface area contributed by atoms with Gasteiger partial charge in [-0.05, 0) is 11.6 Å². The molecule has 0 radical (unpaired) electrons. The van der Waals surface area contributed by atoms with Gasteiger partial charge in [0.25, 0.3) is 0 Å². The van der Waals surface area contributed by atoms with E-state index in [2.05, 4.69) is 0 Å². The van der Waals surface area contributed by atoms with Crippen molar-refractivity contribution >= 4 is 11.8 Å². The fourth-order valence-corrected chi connectivity index (χ4v) is 1.10. The van der Waals surface area contributed by atoms with Gasteiger partial charge in [0.1, 0.15) is 0 Å². The fraction of sp³-hybridized carbons (Fsp3) is 0.111. The molecule has 7 nitrogen and oxygen atoms in total. The molecule has 0 aliphatic rings. The third-order valence-corrected chi connectivity index (χ3v) is 1.79. The third-order valence-electron chi connectivity index (χ3n) is 1.79. The van der Waals surface area contributed by atoms with Gasteiger partial charge in [0.2, 0.25) is 6.20 Å². The summed E-state index contributed by atoms with van der Waals surface area (Å²) in [7, 11) is 1.31. The maximum atomic E-state index is 10.6. The van der Waals surface area contributed by atoms with Crippen molar-refractivity contribution in [2.75, 3.05) is 7.11 Å². The summed E-state index contributed by atoms with van der Waals surface area (Å²) in [6.07, 6.45) is 1.89. The molecule has 7 heteroatoms. The van der Waals surface area contributed by atoms with Crippen LogP contribution in [-0.4, -0.2) is 17.0 Å². The molecule has 0 heterocycles. The SMILES string of the molecule is COc1ccc(/C=C/[N+](=O)[O-])cc1[N+](=O)[O-]. The van der Waals surface area contributed by atoms with E-state index in [-0.39, 0.29) is 11.4 Å². The van der Waals surface area contributed by atoms with E-state index in [1.165, 1.54) is 31.4 Å². The van der Waals surface area contributed by atoms with Crippen molar-refractivity contribution in [2.45, 2.75) is 0 Å². The molecule has 0 spiro atoms. The smallest absolute Gasteiger partial charge is 0.311 e. The highest BCUT2D eigenvalue weighted by atomic mass is 16.6. The highest BCUT2D eigenvalue weighted by Crippen LogP contribution is 2.27. The van der Waals surface area contributed by atoms with E-state index in [0.717, 1.165) is 0 Å². The van der Waals surface area contributed by atoms with Crippen molar-refractivity contribution in [1.82, 2.24) is 0 Å². The topological polar surface area (TPSA) is 95.5 Å². The fourth-order valence-electron chi connectivity index (χ4n) is 1.10. The normalized spacial score (nSPS) is 10.3. The Morgan fingerprint density at radius 1 is 1.31 bits per heavy atom. The van der Waals surface area contributed by atoms with E-state index in [9.17, 15) is 20.2 Å². The van der Waals surface area contributed by atoms with Gasteiger partial charge in [0, 0.05) is 12.1 Å². The van der Waals surface area contributed by atoms with E-state index < -0.39 is 9.85 Å². The largest absolute Gasteiger partial charge is 0.490 e. The highest BCUT2D eigenvalue weighted by Gasteiger charge is 2.14. The molecule has 0 aliphatic heterocycles. The van der Waals surface area contributed by atoms with E-state index >= 15 is 0 Å². The lowest BCUT2D eigenvalue weighted by molar-refractivity contribution is -0.400. The number of nitro benzene ring substituents is 1. The lowest BCUT2D eigenvalue weighted by Gasteiger charge is -2.01. The molecule has 0 saturated carbocycles. The number of hydrogen-bond acceptors (Lipinski definition) is 5. The van der Waals surface area contributed by atoms with Crippen molar-refractivity contribution in [1.29, 1.82) is 0 Å². The second-order valence-electron chi connectivity index (χ2n) is 2.79. The van der Waals surface area contributed by atoms with Crippen LogP contribution < -0.4 is 4.74 Å². The molecule has 0 saturated heterocycles. The van der Waals surface area contributed by atoms with Crippen LogP contribution in [0.5, 0.6) is 5.75 Å². The molecular formula is C9H8N2O5. The van der Waals surface area contributed by atoms with Gasteiger partial charge in [-0.2, -0.15) is 0 Å². The Morgan fingerprint density at radius 2 is 2.00 bits per heavy atom. The van der Waals surface area contributed by atoms with Crippen LogP contribution in [0, 0.1) is 20.2 Å². The summed E-state index contributed by atoms with van der Waals surface area (Å²) in [4.78, 5) is 19.5. The summed E-state index contributed by atoms with van der Waals surface area (Å²) >= 11 is 0. The number of nitro groups is 2. The minimum absolute atomic E-state index is 0.114. The number of methoxy groups -OCH3 is 1. The second kappa shape index (κ2) is 4.87. The average molecular weight is 224 g/mol. The summed E-state index contributed by atoms with van der Waals surface area (Å²) in [6, 6.07) is 4.09. The molecule has 0 bridgehead atoms. The second-order valence-corrected chi connectivity index (χ2v) is 2.79. The first-order chi connectivity index (χ1) is 7.54. The molecule has 0 aromatic heterocycles. The van der Waals surface area contributed by atoms with Crippen molar-refractivity contribution < 1.29 is 14.6 Å². The molecule has 0 aliphatic carbocycles. The molecule has 0 N–H and O–H groups in total. The molecule has 1 aromatic carbocycles. The maximum Gasteiger partial charge on any atom is 0.311 e. The predicted molar refractivity (Wildman–Crippen MR) is 55.7 cm³/mol. The highest BCUT2D eigenvalue weighted by molar-refractivity contribution is 5.58. The number of ether oxygens (including phenoxy) is 1. The third kappa shape index (κ3) is 2.77. The van der Waals surface area contributed by atoms with Gasteiger partial charge in [-0.1, -0.05) is 6.07 Å². The summed E-state index contributed by atoms with van der Waals surface area (Å²) in [5, 5.41) is 20.7. The number of hydrogen-bond donors (Lipinski definition) is 0. The van der Waals surface area contributed by atoms with Crippen LogP contribution in [0.4, 0.5) is 5.69 Å². The van der Waals surface area contributed by atoms with Gasteiger partial charge in [0.05, 0.1) is 17.0 Å². The van der Waals surface area contributed by atoms with Gasteiger partial charge in [-0.25, -0.2) is 0 Å². The molecule has 16 heavy (non-hydrogen) atoms. The Hall–Kier alpha value is -2.44. The molecule has 1 aromatic rings. The van der Waals surface area contributed by atoms with Gasteiger partial charge < -0.3 is 4.74 Å². The Morgan fingerprint density at radius 3 is 2.50 bits per heavy atom. The standard InChI is InChI=1S/C9H8N2O5/c1-16-9-3-2-7(4-5-10(12)13)6-8(9)11(14)15/h2-6H,1H3/b5-4+. The van der Waals surface area contributed by atoms with Crippen molar-refractivity contribution in [3.63, 3.8) is 0 Å². The van der Waals surface area contributed by atoms with E-state index in [0.29, 0.717) is 11.8 Å². The van der Waals surface area contributed by atoms with Crippen LogP contribution in [-0.2, 0) is 0 Å². The summed E-state index contributed by atoms with van der Waals surface area (Å²) in [5.41, 5.74) is 0.136. The molecule has 0 amide bonds. The predicted octanol–water partition coefficient (Wildman–Crippen LogP) is 1.85. The van der Waals surface area contributed by atoms with Crippen LogP contribution in [0.2, 0.25) is 0 Å². The first-order valence-electron chi connectivity index (χ1n) is 4.18. The van der Waals surface area contributed by atoms with Crippen LogP contribution >= 0.6 is 0 Å². The first kappa shape index (κ1) is 11.6. The first-order valence-corrected chi connectivity index (χ1v) is 4.18. The summed E-state index contributed by atoms with van der Waals surface area (Å²) < 4.78 is 4.79. The van der Waals surface area contributed by atoms with Crippen LogP contribution in [0.25, 0.3) is 6.08 Å². The number of rotatable bonds is 4. The van der Waals surface area contributed by atoms with Gasteiger partial charge in [0.15, 0.2) is 5.75 Å². The van der Waals surface area contributed by atoms with Crippen molar-refractivity contribution in [2.24, 2.45) is 0 Å². The Balaban J connectivity index is 3.12. The van der Waals surface area contributed by atoms with Gasteiger partial charge in [-0.3, -0.25) is 20.2 Å². The van der Waals surface area contributed by atoms with E-state index in [1.807, 2.05) is 0 Å². The molecule has 84 valence electrons. The molecular weight excluding hydrogens is 216 g/mol. The Kier molecular flexibility index (Phi) is 3.54. The Labute approximate surface area is 90.3 Å². The molecule has 0 atom stereocenters. The molecule has 0 unspecified atom stereocenters. The number of benzene rings is 1. The summed E-state index contributed by atoms with van der Waals surface area (Å²) in [5.74, 6) is 0.114. The van der Waals surface area contributed by atoms with E-state index in [4.69, 9.17) is 4.74 Å². The van der Waals surface area contributed by atoms with Gasteiger partial charge >= 0.3 is 5.69 Å². The average Bonchev–Trinajstić information content (AvgIpc) is 2.25. The van der Waals surface area contributed by atoms with E-state index in [1.54, 1.807) is 0 Å². The van der Waals surface area contributed by atoms with Crippen molar-refractivity contribution in [3.05, 3.63) is 50.2 Å². The Bertz CT molecular complexity index is 455. The van der Waals surface area contributed by atoms with Crippen molar-refractivity contribution in [3.8, 4) is 5.75 Å². The van der Waals surface area contributed by atoms with Gasteiger partial charge in [-0.15, -0.1) is 0 Å². The van der Waals surface area contributed by atoms with Crippen LogP contribution in [0.15, 0.2) is 24.4 Å². The zero-order chi connectivity index (χ0) is 12.1. The summed E-state index contributed by atoms with van der Waals surface area (Å²) in [6.45, 7) is 0. The molecule has 0 fully saturated rings. The number of nitrogens with zero attached hydrogens (tertiary/aromatic N) is 2. The molecule has 1 rings (SSSR count). The monoisotopic (exact) mass is 224 g/mol. The lowest BCUT2D eigenvalue weighted by Crippen LogP contribution is -1.94. The lowest BCUT2D eigenvalue weighted by atomic mass is 10.2. The zero-order valence-electron chi connectivity index (χ0n) is 8.32. The zero-order valence-corrected chi connectivity index (χ0v) is 8.32. The maximum absolute atomic E-state index is 10.6. The minimum atomic E-state index is -0.643. The van der Waals surface area contributed by atoms with Crippen LogP contribution in [0.3, 0.4) is 0 Å². The van der Waals surface area contributed by atoms with Crippen LogP contribution in [0.1, 0.15) is 5.56 Å².